The van der Waals surface area contributed by atoms with E-state index in [2.05, 4.69) is 5.32 Å². The van der Waals surface area contributed by atoms with E-state index >= 15 is 0 Å². The van der Waals surface area contributed by atoms with Crippen LogP contribution in [0.5, 0.6) is 0 Å². The quantitative estimate of drug-likeness (QED) is 0.706. The van der Waals surface area contributed by atoms with Crippen molar-refractivity contribution < 1.29 is 26.4 Å². The molecule has 2 aromatic rings. The molecule has 9 heteroatoms. The lowest BCUT2D eigenvalue weighted by atomic mass is 10.1. The number of carbonyl (C=O) groups excluding carboxylic acids is 1. The molecule has 0 heterocycles. The molecule has 0 radical (unpaired) electrons. The summed E-state index contributed by atoms with van der Waals surface area (Å²) in [5.41, 5.74) is 1.73. The number of nitrogens with one attached hydrogen (secondary N) is 1. The highest BCUT2D eigenvalue weighted by Gasteiger charge is 2.30. The van der Waals surface area contributed by atoms with Gasteiger partial charge in [0.15, 0.2) is 0 Å². The third-order valence-electron chi connectivity index (χ3n) is 4.29. The second-order valence-electron chi connectivity index (χ2n) is 6.85. The molecular weight excluding hydrogens is 405 g/mol. The average Bonchev–Trinajstić information content (AvgIpc) is 2.60. The summed E-state index contributed by atoms with van der Waals surface area (Å²) in [6, 6.07) is 9.64. The van der Waals surface area contributed by atoms with Gasteiger partial charge in [-0.15, -0.1) is 0 Å². The Labute approximate surface area is 168 Å². The van der Waals surface area contributed by atoms with Gasteiger partial charge >= 0.3 is 6.18 Å². The van der Waals surface area contributed by atoms with Crippen molar-refractivity contribution in [2.24, 2.45) is 0 Å². The van der Waals surface area contributed by atoms with E-state index in [9.17, 15) is 26.4 Å². The molecule has 2 aromatic carbocycles. The predicted molar refractivity (Wildman–Crippen MR) is 107 cm³/mol. The average molecular weight is 428 g/mol. The number of halogens is 3. The molecule has 0 saturated carbocycles. The Morgan fingerprint density at radius 1 is 1.07 bits per heavy atom. The lowest BCUT2D eigenvalue weighted by Crippen LogP contribution is -2.32. The number of hydrogen-bond donors (Lipinski definition) is 1. The van der Waals surface area contributed by atoms with E-state index < -0.39 is 27.7 Å². The molecule has 0 aliphatic carbocycles. The van der Waals surface area contributed by atoms with Crippen LogP contribution in [0.4, 0.5) is 24.5 Å². The Hall–Kier alpha value is -2.55. The van der Waals surface area contributed by atoms with Gasteiger partial charge in [0, 0.05) is 18.7 Å². The number of carbonyl (C=O) groups is 1. The predicted octanol–water partition coefficient (Wildman–Crippen LogP) is 4.51. The Bertz CT molecular complexity index is 971. The number of sulfonamides is 1. The van der Waals surface area contributed by atoms with E-state index in [0.717, 1.165) is 29.5 Å². The van der Waals surface area contributed by atoms with Crippen molar-refractivity contribution in [1.82, 2.24) is 0 Å². The monoisotopic (exact) mass is 428 g/mol. The lowest BCUT2D eigenvalue weighted by molar-refractivity contribution is -0.137. The molecular formula is C20H23F3N2O3S. The van der Waals surface area contributed by atoms with E-state index in [1.807, 2.05) is 26.0 Å². The Balaban J connectivity index is 1.99. The fourth-order valence-corrected chi connectivity index (χ4v) is 3.82. The van der Waals surface area contributed by atoms with Crippen molar-refractivity contribution in [3.63, 3.8) is 0 Å². The van der Waals surface area contributed by atoms with Gasteiger partial charge in [0.1, 0.15) is 0 Å². The minimum absolute atomic E-state index is 0.0257. The summed E-state index contributed by atoms with van der Waals surface area (Å²) < 4.78 is 63.4. The molecule has 158 valence electrons. The van der Waals surface area contributed by atoms with Crippen molar-refractivity contribution in [2.45, 2.75) is 32.9 Å². The third kappa shape index (κ3) is 6.49. The summed E-state index contributed by atoms with van der Waals surface area (Å²) in [6.45, 7) is 3.79. The van der Waals surface area contributed by atoms with Gasteiger partial charge in [-0.2, -0.15) is 13.2 Å². The van der Waals surface area contributed by atoms with Crippen molar-refractivity contribution in [3.05, 3.63) is 59.2 Å². The van der Waals surface area contributed by atoms with Crippen LogP contribution >= 0.6 is 0 Å². The van der Waals surface area contributed by atoms with Gasteiger partial charge in [0.25, 0.3) is 0 Å². The van der Waals surface area contributed by atoms with Gasteiger partial charge in [-0.3, -0.25) is 9.10 Å². The highest BCUT2D eigenvalue weighted by Crippen LogP contribution is 2.30. The SMILES string of the molecule is Cc1ccc(C)c(N(CCCC(=O)Nc2ccc(C(F)(F)F)cc2)S(C)(=O)=O)c1. The second-order valence-corrected chi connectivity index (χ2v) is 8.76. The molecule has 1 amide bonds. The number of amides is 1. The van der Waals surface area contributed by atoms with E-state index in [0.29, 0.717) is 5.69 Å². The molecule has 1 N–H and O–H groups in total. The molecule has 29 heavy (non-hydrogen) atoms. The zero-order valence-electron chi connectivity index (χ0n) is 16.4. The highest BCUT2D eigenvalue weighted by molar-refractivity contribution is 7.92. The standard InChI is InChI=1S/C20H23F3N2O3S/c1-14-6-7-15(2)18(13-14)25(29(3,27)28)12-4-5-19(26)24-17-10-8-16(9-11-17)20(21,22)23/h6-11,13H,4-5,12H2,1-3H3,(H,24,26). The van der Waals surface area contributed by atoms with Crippen LogP contribution in [0, 0.1) is 13.8 Å². The van der Waals surface area contributed by atoms with E-state index in [1.54, 1.807) is 6.07 Å². The van der Waals surface area contributed by atoms with Crippen LogP contribution in [-0.4, -0.2) is 27.1 Å². The molecule has 0 fully saturated rings. The molecule has 2 rings (SSSR count). The summed E-state index contributed by atoms with van der Waals surface area (Å²) in [6.07, 6.45) is -3.05. The maximum absolute atomic E-state index is 12.6. The van der Waals surface area contributed by atoms with Crippen LogP contribution in [-0.2, 0) is 21.0 Å². The topological polar surface area (TPSA) is 66.5 Å². The first-order valence-corrected chi connectivity index (χ1v) is 10.7. The zero-order chi connectivity index (χ0) is 21.8. The Kier molecular flexibility index (Phi) is 6.94. The van der Waals surface area contributed by atoms with E-state index in [-0.39, 0.29) is 25.1 Å². The van der Waals surface area contributed by atoms with Crippen LogP contribution < -0.4 is 9.62 Å². The minimum Gasteiger partial charge on any atom is -0.326 e. The smallest absolute Gasteiger partial charge is 0.326 e. The third-order valence-corrected chi connectivity index (χ3v) is 5.47. The number of rotatable bonds is 7. The van der Waals surface area contributed by atoms with E-state index in [4.69, 9.17) is 0 Å². The Morgan fingerprint density at radius 2 is 1.69 bits per heavy atom. The number of aryl methyl sites for hydroxylation is 2. The first-order valence-electron chi connectivity index (χ1n) is 8.90. The van der Waals surface area contributed by atoms with Gasteiger partial charge in [-0.05, 0) is 61.7 Å². The van der Waals surface area contributed by atoms with Gasteiger partial charge in [0.05, 0.1) is 17.5 Å². The minimum atomic E-state index is -4.44. The lowest BCUT2D eigenvalue weighted by Gasteiger charge is -2.24. The van der Waals surface area contributed by atoms with Crippen LogP contribution in [0.3, 0.4) is 0 Å². The molecule has 0 atom stereocenters. The fourth-order valence-electron chi connectivity index (χ4n) is 2.80. The van der Waals surface area contributed by atoms with Gasteiger partial charge in [0.2, 0.25) is 15.9 Å². The molecule has 0 aliphatic heterocycles. The maximum atomic E-state index is 12.6. The summed E-state index contributed by atoms with van der Waals surface area (Å²) in [5, 5.41) is 2.52. The largest absolute Gasteiger partial charge is 0.416 e. The molecule has 0 saturated heterocycles. The molecule has 0 spiro atoms. The van der Waals surface area contributed by atoms with Gasteiger partial charge < -0.3 is 5.32 Å². The molecule has 0 bridgehead atoms. The first-order chi connectivity index (χ1) is 13.4. The zero-order valence-corrected chi connectivity index (χ0v) is 17.2. The number of anilines is 2. The van der Waals surface area contributed by atoms with Gasteiger partial charge in [-0.1, -0.05) is 12.1 Å². The molecule has 5 nitrogen and oxygen atoms in total. The maximum Gasteiger partial charge on any atom is 0.416 e. The highest BCUT2D eigenvalue weighted by atomic mass is 32.2. The number of benzene rings is 2. The molecule has 0 aromatic heterocycles. The normalized spacial score (nSPS) is 11.9. The summed E-state index contributed by atoms with van der Waals surface area (Å²) in [4.78, 5) is 12.1. The number of alkyl halides is 3. The molecule has 0 aliphatic rings. The second kappa shape index (κ2) is 8.86. The fraction of sp³-hybridized carbons (Fsp3) is 0.350. The van der Waals surface area contributed by atoms with Crippen LogP contribution in [0.2, 0.25) is 0 Å². The van der Waals surface area contributed by atoms with Crippen LogP contribution in [0.25, 0.3) is 0 Å². The first kappa shape index (κ1) is 22.7. The number of nitrogens with zero attached hydrogens (tertiary/aromatic N) is 1. The van der Waals surface area contributed by atoms with Gasteiger partial charge in [-0.25, -0.2) is 8.42 Å². The van der Waals surface area contributed by atoms with Crippen molar-refractivity contribution in [3.8, 4) is 0 Å². The number of hydrogen-bond acceptors (Lipinski definition) is 3. The van der Waals surface area contributed by atoms with Crippen molar-refractivity contribution >= 4 is 27.3 Å². The molecule has 0 unspecified atom stereocenters. The van der Waals surface area contributed by atoms with Crippen LogP contribution in [0.15, 0.2) is 42.5 Å². The van der Waals surface area contributed by atoms with Crippen LogP contribution in [0.1, 0.15) is 29.5 Å². The van der Waals surface area contributed by atoms with E-state index in [1.165, 1.54) is 16.4 Å². The summed E-state index contributed by atoms with van der Waals surface area (Å²) in [7, 11) is -3.54. The summed E-state index contributed by atoms with van der Waals surface area (Å²) >= 11 is 0. The Morgan fingerprint density at radius 3 is 2.24 bits per heavy atom. The van der Waals surface area contributed by atoms with Crippen molar-refractivity contribution in [1.29, 1.82) is 0 Å². The summed E-state index contributed by atoms with van der Waals surface area (Å²) in [5.74, 6) is -0.404. The van der Waals surface area contributed by atoms with Crippen molar-refractivity contribution in [2.75, 3.05) is 22.4 Å².